The fraction of sp³-hybridized carbons (Fsp3) is 0.900. The maximum Gasteiger partial charge on any atom is 0.234 e. The van der Waals surface area contributed by atoms with Gasteiger partial charge < -0.3 is 5.73 Å². The van der Waals surface area contributed by atoms with Crippen molar-refractivity contribution in [2.24, 2.45) is 11.7 Å². The second-order valence-electron chi connectivity index (χ2n) is 3.68. The van der Waals surface area contributed by atoms with Gasteiger partial charge in [-0.25, -0.2) is 0 Å². The number of hydrogen-bond donors (Lipinski definition) is 1. The Morgan fingerprint density at radius 1 is 1.38 bits per heavy atom. The highest BCUT2D eigenvalue weighted by Gasteiger charge is 2.18. The molecular weight excluding hydrogens is 164 g/mol. The lowest BCUT2D eigenvalue weighted by molar-refractivity contribution is -0.122. The molecule has 0 aromatic heterocycles. The number of rotatable bonds is 6. The average Bonchev–Trinajstić information content (AvgIpc) is 2.12. The van der Waals surface area contributed by atoms with Crippen molar-refractivity contribution in [2.75, 3.05) is 13.1 Å². The van der Waals surface area contributed by atoms with Gasteiger partial charge in [0.1, 0.15) is 0 Å². The standard InChI is InChI=1S/C10H22N2O/c1-5-8(3)7-12(6-2)9(4)10(11)13/h8-9H,5-7H2,1-4H3,(H2,11,13). The van der Waals surface area contributed by atoms with Gasteiger partial charge >= 0.3 is 0 Å². The molecule has 3 heteroatoms. The minimum Gasteiger partial charge on any atom is -0.368 e. The predicted molar refractivity (Wildman–Crippen MR) is 55.4 cm³/mol. The summed E-state index contributed by atoms with van der Waals surface area (Å²) in [7, 11) is 0. The van der Waals surface area contributed by atoms with E-state index in [1.807, 2.05) is 6.92 Å². The smallest absolute Gasteiger partial charge is 0.234 e. The molecule has 0 heterocycles. The van der Waals surface area contributed by atoms with Crippen LogP contribution in [0.5, 0.6) is 0 Å². The van der Waals surface area contributed by atoms with Crippen LogP contribution in [0.3, 0.4) is 0 Å². The van der Waals surface area contributed by atoms with Crippen LogP contribution in [0, 0.1) is 5.92 Å². The van der Waals surface area contributed by atoms with Gasteiger partial charge in [0, 0.05) is 6.54 Å². The molecule has 0 fully saturated rings. The second kappa shape index (κ2) is 5.97. The zero-order valence-corrected chi connectivity index (χ0v) is 9.21. The van der Waals surface area contributed by atoms with E-state index in [1.54, 1.807) is 0 Å². The van der Waals surface area contributed by atoms with Crippen LogP contribution in [0.1, 0.15) is 34.1 Å². The SMILES string of the molecule is CCC(C)CN(CC)C(C)C(N)=O. The summed E-state index contributed by atoms with van der Waals surface area (Å²) >= 11 is 0. The predicted octanol–water partition coefficient (Wildman–Crippen LogP) is 1.23. The first-order valence-corrected chi connectivity index (χ1v) is 5.06. The molecule has 3 nitrogen and oxygen atoms in total. The van der Waals surface area contributed by atoms with Crippen molar-refractivity contribution < 1.29 is 4.79 Å². The van der Waals surface area contributed by atoms with Crippen LogP contribution >= 0.6 is 0 Å². The Morgan fingerprint density at radius 3 is 2.23 bits per heavy atom. The van der Waals surface area contributed by atoms with Crippen molar-refractivity contribution in [1.82, 2.24) is 4.90 Å². The van der Waals surface area contributed by atoms with Crippen molar-refractivity contribution >= 4 is 5.91 Å². The zero-order chi connectivity index (χ0) is 10.4. The molecule has 0 spiro atoms. The van der Waals surface area contributed by atoms with Crippen molar-refractivity contribution in [3.63, 3.8) is 0 Å². The number of carbonyl (C=O) groups excluding carboxylic acids is 1. The van der Waals surface area contributed by atoms with Crippen LogP contribution in [-0.4, -0.2) is 29.9 Å². The summed E-state index contributed by atoms with van der Waals surface area (Å²) in [6.45, 7) is 10.1. The molecular formula is C10H22N2O. The van der Waals surface area contributed by atoms with Crippen LogP contribution < -0.4 is 5.73 Å². The molecule has 0 aliphatic heterocycles. The monoisotopic (exact) mass is 186 g/mol. The minimum absolute atomic E-state index is 0.140. The third kappa shape index (κ3) is 4.27. The van der Waals surface area contributed by atoms with Gasteiger partial charge in [-0.1, -0.05) is 27.2 Å². The highest BCUT2D eigenvalue weighted by molar-refractivity contribution is 5.79. The lowest BCUT2D eigenvalue weighted by Crippen LogP contribution is -2.44. The summed E-state index contributed by atoms with van der Waals surface area (Å²) in [4.78, 5) is 13.1. The van der Waals surface area contributed by atoms with E-state index < -0.39 is 0 Å². The lowest BCUT2D eigenvalue weighted by atomic mass is 10.1. The summed E-state index contributed by atoms with van der Waals surface area (Å²) in [5.74, 6) is 0.395. The van der Waals surface area contributed by atoms with E-state index in [2.05, 4.69) is 25.7 Å². The number of nitrogens with two attached hydrogens (primary N) is 1. The van der Waals surface area contributed by atoms with Crippen molar-refractivity contribution in [3.8, 4) is 0 Å². The van der Waals surface area contributed by atoms with Gasteiger partial charge in [0.05, 0.1) is 6.04 Å². The van der Waals surface area contributed by atoms with Crippen molar-refractivity contribution in [2.45, 2.75) is 40.2 Å². The van der Waals surface area contributed by atoms with E-state index in [0.717, 1.165) is 19.5 Å². The number of amides is 1. The molecule has 2 N–H and O–H groups in total. The van der Waals surface area contributed by atoms with E-state index >= 15 is 0 Å². The molecule has 2 unspecified atom stereocenters. The van der Waals surface area contributed by atoms with Crippen LogP contribution in [-0.2, 0) is 4.79 Å². The first-order chi connectivity index (χ1) is 6.02. The van der Waals surface area contributed by atoms with E-state index in [4.69, 9.17) is 5.73 Å². The fourth-order valence-corrected chi connectivity index (χ4v) is 1.27. The van der Waals surface area contributed by atoms with Crippen LogP contribution in [0.4, 0.5) is 0 Å². The van der Waals surface area contributed by atoms with Crippen LogP contribution in [0.2, 0.25) is 0 Å². The van der Waals surface area contributed by atoms with E-state index in [0.29, 0.717) is 5.92 Å². The molecule has 0 rings (SSSR count). The molecule has 2 atom stereocenters. The quantitative estimate of drug-likeness (QED) is 0.678. The Labute approximate surface area is 81.3 Å². The van der Waals surface area contributed by atoms with Gasteiger partial charge in [-0.05, 0) is 19.4 Å². The number of hydrogen-bond acceptors (Lipinski definition) is 2. The number of carbonyl (C=O) groups is 1. The number of nitrogens with zero attached hydrogens (tertiary/aromatic N) is 1. The largest absolute Gasteiger partial charge is 0.368 e. The van der Waals surface area contributed by atoms with E-state index in [9.17, 15) is 4.79 Å². The maximum atomic E-state index is 11.0. The molecule has 78 valence electrons. The van der Waals surface area contributed by atoms with Gasteiger partial charge in [0.15, 0.2) is 0 Å². The minimum atomic E-state index is -0.231. The molecule has 0 radical (unpaired) electrons. The van der Waals surface area contributed by atoms with E-state index in [-0.39, 0.29) is 11.9 Å². The first-order valence-electron chi connectivity index (χ1n) is 5.06. The van der Waals surface area contributed by atoms with Crippen LogP contribution in [0.25, 0.3) is 0 Å². The molecule has 0 bridgehead atoms. The van der Waals surface area contributed by atoms with Crippen molar-refractivity contribution in [1.29, 1.82) is 0 Å². The number of primary amides is 1. The highest BCUT2D eigenvalue weighted by Crippen LogP contribution is 2.07. The third-order valence-corrected chi connectivity index (χ3v) is 2.61. The molecule has 0 saturated carbocycles. The molecule has 1 amide bonds. The Morgan fingerprint density at radius 2 is 1.92 bits per heavy atom. The lowest BCUT2D eigenvalue weighted by Gasteiger charge is -2.27. The topological polar surface area (TPSA) is 46.3 Å². The van der Waals surface area contributed by atoms with Gasteiger partial charge in [0.2, 0.25) is 5.91 Å². The van der Waals surface area contributed by atoms with Gasteiger partial charge in [0.25, 0.3) is 0 Å². The zero-order valence-electron chi connectivity index (χ0n) is 9.21. The summed E-state index contributed by atoms with van der Waals surface area (Å²) in [6.07, 6.45) is 1.14. The Bertz CT molecular complexity index is 159. The maximum absolute atomic E-state index is 11.0. The molecule has 0 aromatic rings. The molecule has 0 aliphatic rings. The average molecular weight is 186 g/mol. The van der Waals surface area contributed by atoms with Crippen molar-refractivity contribution in [3.05, 3.63) is 0 Å². The highest BCUT2D eigenvalue weighted by atomic mass is 16.1. The van der Waals surface area contributed by atoms with Gasteiger partial charge in [-0.15, -0.1) is 0 Å². The normalized spacial score (nSPS) is 15.8. The second-order valence-corrected chi connectivity index (χ2v) is 3.68. The Hall–Kier alpha value is -0.570. The first kappa shape index (κ1) is 12.4. The molecule has 13 heavy (non-hydrogen) atoms. The van der Waals surface area contributed by atoms with Crippen LogP contribution in [0.15, 0.2) is 0 Å². The van der Waals surface area contributed by atoms with E-state index in [1.165, 1.54) is 0 Å². The summed E-state index contributed by atoms with van der Waals surface area (Å²) < 4.78 is 0. The number of likely N-dealkylation sites (N-methyl/N-ethyl adjacent to an activating group) is 1. The summed E-state index contributed by atoms with van der Waals surface area (Å²) in [5, 5.41) is 0. The summed E-state index contributed by atoms with van der Waals surface area (Å²) in [6, 6.07) is -0.140. The fourth-order valence-electron chi connectivity index (χ4n) is 1.27. The molecule has 0 aliphatic carbocycles. The Kier molecular flexibility index (Phi) is 5.71. The Balaban J connectivity index is 4.09. The summed E-state index contributed by atoms with van der Waals surface area (Å²) in [5.41, 5.74) is 5.25. The van der Waals surface area contributed by atoms with Gasteiger partial charge in [-0.3, -0.25) is 9.69 Å². The third-order valence-electron chi connectivity index (χ3n) is 2.61. The molecule has 0 aromatic carbocycles. The molecule has 0 saturated heterocycles. The van der Waals surface area contributed by atoms with Gasteiger partial charge in [-0.2, -0.15) is 0 Å².